The van der Waals surface area contributed by atoms with Gasteiger partial charge in [0.2, 0.25) is 0 Å². The maximum absolute atomic E-state index is 12.7. The third-order valence-electron chi connectivity index (χ3n) is 11.1. The van der Waals surface area contributed by atoms with Gasteiger partial charge in [0.25, 0.3) is 0 Å². The number of ether oxygens (including phenoxy) is 2. The van der Waals surface area contributed by atoms with Crippen LogP contribution in [-0.4, -0.2) is 74.6 Å². The Morgan fingerprint density at radius 1 is 1.06 bits per heavy atom. The summed E-state index contributed by atoms with van der Waals surface area (Å²) in [5.74, 6) is -0.987. The quantitative estimate of drug-likeness (QED) is 0.357. The van der Waals surface area contributed by atoms with Crippen molar-refractivity contribution < 1.29 is 35.0 Å². The molecule has 0 spiro atoms. The molecule has 0 aromatic carbocycles. The first-order valence-electron chi connectivity index (χ1n) is 14.1. The fraction of sp³-hybridized carbons (Fsp3) is 1.00. The lowest BCUT2D eigenvalue weighted by molar-refractivity contribution is -0.345. The number of aliphatic hydroxyl groups excluding tert-OH is 4. The van der Waals surface area contributed by atoms with Gasteiger partial charge in [-0.05, 0) is 25.2 Å². The molecule has 35 heavy (non-hydrogen) atoms. The Kier molecular flexibility index (Phi) is 8.02. The number of rotatable bonds is 6. The van der Waals surface area contributed by atoms with Gasteiger partial charge in [-0.25, -0.2) is 0 Å². The number of fused-ring (bicyclic) bond motifs is 3. The highest BCUT2D eigenvalue weighted by atomic mass is 16.6. The van der Waals surface area contributed by atoms with Gasteiger partial charge in [-0.2, -0.15) is 0 Å². The van der Waals surface area contributed by atoms with E-state index in [0.29, 0.717) is 19.4 Å². The van der Waals surface area contributed by atoms with Crippen LogP contribution in [0.3, 0.4) is 0 Å². The lowest BCUT2D eigenvalue weighted by Crippen LogP contribution is -2.75. The first-order valence-corrected chi connectivity index (χ1v) is 14.1. The van der Waals surface area contributed by atoms with E-state index in [1.165, 1.54) is 0 Å². The van der Waals surface area contributed by atoms with Crippen molar-refractivity contribution in [2.75, 3.05) is 6.61 Å². The molecule has 3 aliphatic carbocycles. The molecule has 3 saturated carbocycles. The van der Waals surface area contributed by atoms with Crippen LogP contribution in [0.25, 0.3) is 0 Å². The van der Waals surface area contributed by atoms with E-state index in [9.17, 15) is 25.5 Å². The second-order valence-corrected chi connectivity index (χ2v) is 13.0. The minimum Gasteiger partial charge on any atom is -0.392 e. The topological polar surface area (TPSA) is 120 Å². The van der Waals surface area contributed by atoms with Crippen LogP contribution in [0.2, 0.25) is 0 Å². The third kappa shape index (κ3) is 4.31. The molecular formula is C28H50O7. The molecule has 5 N–H and O–H groups in total. The first kappa shape index (κ1) is 27.7. The number of unbranched alkanes of at least 4 members (excludes halogenated alkanes) is 1. The number of hydrogen-bond acceptors (Lipinski definition) is 7. The Morgan fingerprint density at radius 2 is 1.71 bits per heavy atom. The van der Waals surface area contributed by atoms with Crippen LogP contribution >= 0.6 is 0 Å². The molecule has 11 atom stereocenters. The van der Waals surface area contributed by atoms with E-state index in [0.717, 1.165) is 44.9 Å². The highest BCUT2D eigenvalue weighted by molar-refractivity contribution is 5.18. The first-order chi connectivity index (χ1) is 16.4. The molecule has 0 radical (unpaired) electrons. The maximum Gasteiger partial charge on any atom is 0.157 e. The Morgan fingerprint density at radius 3 is 2.29 bits per heavy atom. The molecule has 4 aliphatic rings. The van der Waals surface area contributed by atoms with Gasteiger partial charge < -0.3 is 35.0 Å². The van der Waals surface area contributed by atoms with E-state index in [4.69, 9.17) is 9.47 Å². The Hall–Kier alpha value is -0.280. The van der Waals surface area contributed by atoms with Crippen molar-refractivity contribution in [1.82, 2.24) is 0 Å². The van der Waals surface area contributed by atoms with Crippen LogP contribution in [-0.2, 0) is 9.47 Å². The van der Waals surface area contributed by atoms with Gasteiger partial charge in [0.1, 0.15) is 0 Å². The summed E-state index contributed by atoms with van der Waals surface area (Å²) < 4.78 is 12.4. The zero-order chi connectivity index (χ0) is 25.8. The summed E-state index contributed by atoms with van der Waals surface area (Å²) in [6, 6.07) is 0. The Labute approximate surface area is 211 Å². The fourth-order valence-electron chi connectivity index (χ4n) is 7.94. The Balaban J connectivity index is 1.85. The molecule has 4 rings (SSSR count). The van der Waals surface area contributed by atoms with Gasteiger partial charge in [0.05, 0.1) is 42.7 Å². The van der Waals surface area contributed by atoms with Gasteiger partial charge in [-0.1, -0.05) is 66.7 Å². The van der Waals surface area contributed by atoms with Crippen molar-refractivity contribution in [2.24, 2.45) is 34.5 Å². The summed E-state index contributed by atoms with van der Waals surface area (Å²) in [4.78, 5) is 0. The summed E-state index contributed by atoms with van der Waals surface area (Å²) in [6.45, 7) is 10.1. The van der Waals surface area contributed by atoms with E-state index >= 15 is 0 Å². The molecule has 1 saturated heterocycles. The van der Waals surface area contributed by atoms with Crippen LogP contribution < -0.4 is 0 Å². The van der Waals surface area contributed by atoms with E-state index in [1.807, 2.05) is 27.7 Å². The van der Waals surface area contributed by atoms with Crippen molar-refractivity contribution in [1.29, 1.82) is 0 Å². The zero-order valence-corrected chi connectivity index (χ0v) is 22.4. The number of aliphatic hydroxyl groups is 5. The molecule has 7 heteroatoms. The average Bonchev–Trinajstić information content (AvgIpc) is 2.83. The minimum atomic E-state index is -1.39. The molecule has 0 amide bonds. The predicted octanol–water partition coefficient (Wildman–Crippen LogP) is 2.99. The summed E-state index contributed by atoms with van der Waals surface area (Å²) >= 11 is 0. The van der Waals surface area contributed by atoms with Gasteiger partial charge >= 0.3 is 0 Å². The van der Waals surface area contributed by atoms with Crippen molar-refractivity contribution in [3.63, 3.8) is 0 Å². The minimum absolute atomic E-state index is 0.00822. The van der Waals surface area contributed by atoms with Crippen LogP contribution in [0.1, 0.15) is 92.4 Å². The van der Waals surface area contributed by atoms with Crippen LogP contribution in [0.15, 0.2) is 0 Å². The molecule has 9 unspecified atom stereocenters. The molecule has 7 nitrogen and oxygen atoms in total. The van der Waals surface area contributed by atoms with Gasteiger partial charge in [-0.15, -0.1) is 0 Å². The highest BCUT2D eigenvalue weighted by Gasteiger charge is 2.69. The second-order valence-electron chi connectivity index (χ2n) is 13.0. The van der Waals surface area contributed by atoms with Crippen molar-refractivity contribution in [2.45, 2.75) is 135 Å². The van der Waals surface area contributed by atoms with E-state index < -0.39 is 59.0 Å². The molecule has 0 bridgehead atoms. The molecule has 204 valence electrons. The molecule has 1 aliphatic heterocycles. The number of hydrogen-bond donors (Lipinski definition) is 5. The van der Waals surface area contributed by atoms with Gasteiger partial charge in [0.15, 0.2) is 6.29 Å². The van der Waals surface area contributed by atoms with Gasteiger partial charge in [0, 0.05) is 35.0 Å². The third-order valence-corrected chi connectivity index (χ3v) is 11.1. The lowest BCUT2D eigenvalue weighted by Gasteiger charge is -2.66. The lowest BCUT2D eigenvalue weighted by atomic mass is 9.46. The largest absolute Gasteiger partial charge is 0.392 e. The highest BCUT2D eigenvalue weighted by Crippen LogP contribution is 2.61. The summed E-state index contributed by atoms with van der Waals surface area (Å²) in [5.41, 5.74) is -3.34. The van der Waals surface area contributed by atoms with E-state index in [2.05, 4.69) is 6.92 Å². The molecule has 0 aromatic rings. The second kappa shape index (κ2) is 10.1. The molecular weight excluding hydrogens is 448 g/mol. The summed E-state index contributed by atoms with van der Waals surface area (Å²) in [5, 5.41) is 58.6. The smallest absolute Gasteiger partial charge is 0.157 e. The Bertz CT molecular complexity index is 724. The zero-order valence-electron chi connectivity index (χ0n) is 22.4. The SMILES string of the molecule is CCCCC1(O)[C@H](OC(O)C2CCCCC2)C2C3COC3CC(O)[C@]2(C)C(O)C(O)C(C)C1(C)C. The van der Waals surface area contributed by atoms with E-state index in [-0.39, 0.29) is 17.9 Å². The predicted molar refractivity (Wildman–Crippen MR) is 132 cm³/mol. The normalized spacial score (nSPS) is 49.2. The fourth-order valence-corrected chi connectivity index (χ4v) is 7.94. The van der Waals surface area contributed by atoms with E-state index in [1.54, 1.807) is 0 Å². The average molecular weight is 499 g/mol. The van der Waals surface area contributed by atoms with Crippen molar-refractivity contribution >= 4 is 0 Å². The van der Waals surface area contributed by atoms with Crippen LogP contribution in [0, 0.1) is 34.5 Å². The standard InChI is InChI=1S/C28H50O7/c1-6-7-13-28(33)24(35-25(32)17-11-9-8-10-12-17)21-18-15-34-19(18)14-20(29)27(21,5)23(31)22(30)16(2)26(28,3)4/h16-25,29-33H,6-15H2,1-5H3/t16?,18?,19?,20?,21?,22?,23?,24-,25?,27+,28?/m1/s1. The molecule has 1 heterocycles. The molecule has 0 aromatic heterocycles. The van der Waals surface area contributed by atoms with Crippen molar-refractivity contribution in [3.05, 3.63) is 0 Å². The van der Waals surface area contributed by atoms with Crippen LogP contribution in [0.5, 0.6) is 0 Å². The van der Waals surface area contributed by atoms with Crippen LogP contribution in [0.4, 0.5) is 0 Å². The summed E-state index contributed by atoms with van der Waals surface area (Å²) in [7, 11) is 0. The monoisotopic (exact) mass is 498 g/mol. The maximum atomic E-state index is 12.7. The molecule has 4 fully saturated rings. The van der Waals surface area contributed by atoms with Crippen molar-refractivity contribution in [3.8, 4) is 0 Å². The van der Waals surface area contributed by atoms with Gasteiger partial charge in [-0.3, -0.25) is 0 Å². The summed E-state index contributed by atoms with van der Waals surface area (Å²) in [6.07, 6.45) is 2.26.